The van der Waals surface area contributed by atoms with Gasteiger partial charge in [-0.15, -0.1) is 21.5 Å². The maximum atomic E-state index is 12.2. The number of nitrogens with zero attached hydrogens (tertiary/aromatic N) is 2. The van der Waals surface area contributed by atoms with E-state index in [-0.39, 0.29) is 5.91 Å². The van der Waals surface area contributed by atoms with Crippen LogP contribution in [-0.2, 0) is 6.54 Å². The highest BCUT2D eigenvalue weighted by atomic mass is 35.5. The van der Waals surface area contributed by atoms with Crippen molar-refractivity contribution in [3.05, 3.63) is 67.3 Å². The van der Waals surface area contributed by atoms with Gasteiger partial charge in [0.1, 0.15) is 0 Å². The molecule has 25 heavy (non-hydrogen) atoms. The first-order valence-corrected chi connectivity index (χ1v) is 9.69. The maximum absolute atomic E-state index is 12.2. The van der Waals surface area contributed by atoms with Crippen molar-refractivity contribution in [1.29, 1.82) is 0 Å². The quantitative estimate of drug-likeness (QED) is 0.676. The monoisotopic (exact) mass is 389 g/mol. The van der Waals surface area contributed by atoms with E-state index in [2.05, 4.69) is 15.5 Å². The molecule has 0 atom stereocenters. The van der Waals surface area contributed by atoms with Crippen molar-refractivity contribution in [2.45, 2.75) is 20.4 Å². The van der Waals surface area contributed by atoms with Crippen LogP contribution >= 0.6 is 34.3 Å². The van der Waals surface area contributed by atoms with Crippen LogP contribution in [0.4, 0.5) is 0 Å². The molecular weight excluding hydrogens is 374 g/mol. The van der Waals surface area contributed by atoms with Crippen LogP contribution in [0.5, 0.6) is 0 Å². The molecule has 4 nitrogen and oxygen atoms in total. The molecule has 0 spiro atoms. The summed E-state index contributed by atoms with van der Waals surface area (Å²) in [5.41, 5.74) is 3.38. The molecule has 0 fully saturated rings. The van der Waals surface area contributed by atoms with Crippen LogP contribution in [0.1, 0.15) is 36.4 Å². The highest BCUT2D eigenvalue weighted by molar-refractivity contribution is 7.15. The lowest BCUT2D eigenvalue weighted by Crippen LogP contribution is -2.22. The number of amides is 1. The smallest absolute Gasteiger partial charge is 0.282 e. The summed E-state index contributed by atoms with van der Waals surface area (Å²) >= 11 is 9.11. The Morgan fingerprint density at radius 1 is 1.16 bits per heavy atom. The molecule has 128 valence electrons. The molecule has 0 saturated carbocycles. The van der Waals surface area contributed by atoms with Crippen molar-refractivity contribution in [1.82, 2.24) is 15.5 Å². The number of halogens is 1. The SMILES string of the molecule is Cc1ccc(CNC(=O)c2nnc(/C(Cl)=C/c3sccc3C)s2)cc1. The predicted octanol–water partition coefficient (Wildman–Crippen LogP) is 4.88. The molecule has 0 saturated heterocycles. The van der Waals surface area contributed by atoms with Gasteiger partial charge in [-0.3, -0.25) is 4.79 Å². The lowest BCUT2D eigenvalue weighted by molar-refractivity contribution is 0.0950. The fourth-order valence-electron chi connectivity index (χ4n) is 2.08. The highest BCUT2D eigenvalue weighted by Gasteiger charge is 2.14. The molecule has 1 amide bonds. The number of thiophene rings is 1. The van der Waals surface area contributed by atoms with Crippen LogP contribution in [-0.4, -0.2) is 16.1 Å². The van der Waals surface area contributed by atoms with Gasteiger partial charge in [-0.2, -0.15) is 0 Å². The van der Waals surface area contributed by atoms with Gasteiger partial charge in [0.25, 0.3) is 5.91 Å². The van der Waals surface area contributed by atoms with E-state index in [4.69, 9.17) is 11.6 Å². The van der Waals surface area contributed by atoms with Crippen molar-refractivity contribution in [2.75, 3.05) is 0 Å². The van der Waals surface area contributed by atoms with E-state index in [1.807, 2.05) is 55.6 Å². The minimum Gasteiger partial charge on any atom is -0.346 e. The first kappa shape index (κ1) is 17.8. The molecule has 0 aliphatic rings. The second-order valence-electron chi connectivity index (χ2n) is 5.54. The van der Waals surface area contributed by atoms with Gasteiger partial charge < -0.3 is 5.32 Å². The minimum absolute atomic E-state index is 0.249. The van der Waals surface area contributed by atoms with Gasteiger partial charge in [0.2, 0.25) is 5.01 Å². The molecule has 0 unspecified atom stereocenters. The van der Waals surface area contributed by atoms with Crippen LogP contribution < -0.4 is 5.32 Å². The summed E-state index contributed by atoms with van der Waals surface area (Å²) in [7, 11) is 0. The largest absolute Gasteiger partial charge is 0.346 e. The fourth-order valence-corrected chi connectivity index (χ4v) is 3.94. The molecule has 7 heteroatoms. The Balaban J connectivity index is 1.66. The predicted molar refractivity (Wildman–Crippen MR) is 105 cm³/mol. The third kappa shape index (κ3) is 4.54. The number of carbonyl (C=O) groups is 1. The number of hydrogen-bond donors (Lipinski definition) is 1. The van der Waals surface area contributed by atoms with E-state index < -0.39 is 0 Å². The van der Waals surface area contributed by atoms with E-state index in [1.54, 1.807) is 11.3 Å². The molecule has 1 N–H and O–H groups in total. The fraction of sp³-hybridized carbons (Fsp3) is 0.167. The number of benzene rings is 1. The van der Waals surface area contributed by atoms with Crippen LogP contribution in [0.25, 0.3) is 11.1 Å². The molecule has 2 heterocycles. The van der Waals surface area contributed by atoms with Gasteiger partial charge in [0.05, 0.1) is 5.03 Å². The van der Waals surface area contributed by atoms with E-state index in [0.717, 1.165) is 16.0 Å². The summed E-state index contributed by atoms with van der Waals surface area (Å²) < 4.78 is 0. The average molecular weight is 390 g/mol. The summed E-state index contributed by atoms with van der Waals surface area (Å²) in [5, 5.41) is 14.2. The van der Waals surface area contributed by atoms with Gasteiger partial charge >= 0.3 is 0 Å². The first-order valence-electron chi connectivity index (χ1n) is 7.62. The summed E-state index contributed by atoms with van der Waals surface area (Å²) in [6, 6.07) is 10.0. The van der Waals surface area contributed by atoms with Gasteiger partial charge in [-0.05, 0) is 42.5 Å². The number of aromatic nitrogens is 2. The molecule has 2 aromatic heterocycles. The van der Waals surface area contributed by atoms with Crippen molar-refractivity contribution in [2.24, 2.45) is 0 Å². The van der Waals surface area contributed by atoms with Crippen LogP contribution in [0.3, 0.4) is 0 Å². The molecule has 3 aromatic rings. The lowest BCUT2D eigenvalue weighted by Gasteiger charge is -2.03. The summed E-state index contributed by atoms with van der Waals surface area (Å²) in [4.78, 5) is 13.3. The van der Waals surface area contributed by atoms with Gasteiger partial charge in [0, 0.05) is 11.4 Å². The zero-order valence-corrected chi connectivity index (χ0v) is 16.1. The Kier molecular flexibility index (Phi) is 5.63. The number of nitrogens with one attached hydrogen (secondary N) is 1. The lowest BCUT2D eigenvalue weighted by atomic mass is 10.1. The van der Waals surface area contributed by atoms with E-state index in [9.17, 15) is 4.79 Å². The Morgan fingerprint density at radius 3 is 2.56 bits per heavy atom. The topological polar surface area (TPSA) is 54.9 Å². The van der Waals surface area contributed by atoms with Crippen molar-refractivity contribution < 1.29 is 4.79 Å². The molecular formula is C18H16ClN3OS2. The Hall–Kier alpha value is -2.02. The summed E-state index contributed by atoms with van der Waals surface area (Å²) in [6.07, 6.45) is 1.86. The third-order valence-electron chi connectivity index (χ3n) is 3.56. The number of carbonyl (C=O) groups excluding carboxylic acids is 1. The van der Waals surface area contributed by atoms with Crippen LogP contribution in [0.2, 0.25) is 0 Å². The van der Waals surface area contributed by atoms with Crippen LogP contribution in [0, 0.1) is 13.8 Å². The van der Waals surface area contributed by atoms with Gasteiger partial charge in [-0.1, -0.05) is 52.8 Å². The van der Waals surface area contributed by atoms with Gasteiger partial charge in [-0.25, -0.2) is 0 Å². The van der Waals surface area contributed by atoms with Gasteiger partial charge in [0.15, 0.2) is 5.01 Å². The highest BCUT2D eigenvalue weighted by Crippen LogP contribution is 2.28. The van der Waals surface area contributed by atoms with E-state index in [1.165, 1.54) is 16.9 Å². The van der Waals surface area contributed by atoms with Crippen molar-refractivity contribution in [3.63, 3.8) is 0 Å². The van der Waals surface area contributed by atoms with E-state index >= 15 is 0 Å². The molecule has 0 bridgehead atoms. The second-order valence-corrected chi connectivity index (χ2v) is 7.87. The summed E-state index contributed by atoms with van der Waals surface area (Å²) in [6.45, 7) is 4.50. The Morgan fingerprint density at radius 2 is 1.88 bits per heavy atom. The Labute approximate surface area is 159 Å². The molecule has 0 aliphatic heterocycles. The molecule has 3 rings (SSSR count). The number of aryl methyl sites for hydroxylation is 2. The molecule has 1 aromatic carbocycles. The zero-order valence-electron chi connectivity index (χ0n) is 13.7. The average Bonchev–Trinajstić information content (AvgIpc) is 3.24. The Bertz CT molecular complexity index is 913. The maximum Gasteiger partial charge on any atom is 0.282 e. The standard InChI is InChI=1S/C18H16ClN3OS2/c1-11-3-5-13(6-4-11)10-20-16(23)18-22-21-17(25-18)14(19)9-15-12(2)7-8-24-15/h3-9H,10H2,1-2H3,(H,20,23)/b14-9-. The molecule has 0 radical (unpaired) electrons. The third-order valence-corrected chi connectivity index (χ3v) is 5.88. The van der Waals surface area contributed by atoms with E-state index in [0.29, 0.717) is 21.6 Å². The normalized spacial score (nSPS) is 11.6. The number of rotatable bonds is 5. The number of hydrogen-bond acceptors (Lipinski definition) is 5. The summed E-state index contributed by atoms with van der Waals surface area (Å²) in [5.74, 6) is -0.249. The first-order chi connectivity index (χ1) is 12.0. The van der Waals surface area contributed by atoms with Crippen molar-refractivity contribution in [3.8, 4) is 0 Å². The van der Waals surface area contributed by atoms with Crippen molar-refractivity contribution >= 4 is 51.3 Å². The zero-order chi connectivity index (χ0) is 17.8. The second kappa shape index (κ2) is 7.91. The van der Waals surface area contributed by atoms with Crippen LogP contribution in [0.15, 0.2) is 35.7 Å². The molecule has 0 aliphatic carbocycles. The minimum atomic E-state index is -0.249.